The van der Waals surface area contributed by atoms with Crippen LogP contribution in [-0.2, 0) is 57.5 Å². The van der Waals surface area contributed by atoms with Gasteiger partial charge in [0.2, 0.25) is 47.4 Å². The van der Waals surface area contributed by atoms with Crippen LogP contribution in [0.4, 0.5) is 0 Å². The van der Waals surface area contributed by atoms with Gasteiger partial charge in [0.15, 0.2) is 6.54 Å². The predicted octanol–water partition coefficient (Wildman–Crippen LogP) is 1.35. The quantitative estimate of drug-likeness (QED) is 0.0425. The molecule has 24 nitrogen and oxygen atoms in total. The molecule has 0 saturated carbocycles. The molecule has 5 heterocycles. The number of amides is 12. The highest BCUT2D eigenvalue weighted by molar-refractivity contribution is 8.01. The first kappa shape index (κ1) is 89.5. The summed E-state index contributed by atoms with van der Waals surface area (Å²) in [5.74, 6) is -1.86. The van der Waals surface area contributed by atoms with Gasteiger partial charge in [-0.15, -0.1) is 23.5 Å². The molecular weight excluding hydrogens is 1070 g/mol. The van der Waals surface area contributed by atoms with Gasteiger partial charge in [-0.2, -0.15) is 17.1 Å². The van der Waals surface area contributed by atoms with E-state index in [0.29, 0.717) is 37.7 Å². The molecule has 458 valence electrons. The number of imide groups is 2. The maximum Gasteiger partial charge on any atom is 0.335 e. The number of quaternary nitrogens is 1. The lowest BCUT2D eigenvalue weighted by Gasteiger charge is -2.27. The molecule has 4 saturated heterocycles. The van der Waals surface area contributed by atoms with Crippen LogP contribution in [0, 0.1) is 0 Å². The summed E-state index contributed by atoms with van der Waals surface area (Å²) in [4.78, 5) is 141. The summed E-state index contributed by atoms with van der Waals surface area (Å²) in [6.45, 7) is 19.8. The van der Waals surface area contributed by atoms with Gasteiger partial charge in [-0.25, -0.2) is 9.59 Å². The summed E-state index contributed by atoms with van der Waals surface area (Å²) < 4.78 is -0.362. The third kappa shape index (κ3) is 28.2. The number of nitrogens with one attached hydrogen (secondary N) is 7. The van der Waals surface area contributed by atoms with Crippen molar-refractivity contribution in [2.45, 2.75) is 167 Å². The van der Waals surface area contributed by atoms with Crippen LogP contribution in [0.1, 0.15) is 126 Å². The van der Waals surface area contributed by atoms with Gasteiger partial charge in [-0.3, -0.25) is 52.8 Å². The number of likely N-dealkylation sites (N-methyl/N-ethyl adjacent to an activating group) is 5. The molecule has 6 unspecified atom stereocenters. The van der Waals surface area contributed by atoms with E-state index in [9.17, 15) is 57.5 Å². The number of nitrogens with zero attached hydrogens (tertiary/aromatic N) is 3. The third-order valence-electron chi connectivity index (χ3n) is 10.2. The average Bonchev–Trinajstić information content (AvgIpc) is 4.31. The van der Waals surface area contributed by atoms with E-state index in [4.69, 9.17) is 11.5 Å². The zero-order valence-electron chi connectivity index (χ0n) is 43.8. The first-order valence-corrected chi connectivity index (χ1v) is 26.9. The van der Waals surface area contributed by atoms with Crippen molar-refractivity contribution in [3.63, 3.8) is 0 Å². The molecule has 1 spiro atoms. The molecule has 5 aliphatic rings. The number of hydrogen-bond acceptors (Lipinski definition) is 17. The molecule has 27 heteroatoms. The fraction of sp³-hybridized carbons (Fsp3) is 0.725. The van der Waals surface area contributed by atoms with Gasteiger partial charge in [0, 0.05) is 89.6 Å². The Bertz CT molecular complexity index is 1880. The lowest BCUT2D eigenvalue weighted by atomic mass is 10.2. The number of thioether (sulfide) groups is 2. The molecule has 5 aliphatic heterocycles. The minimum absolute atomic E-state index is 0. The minimum atomic E-state index is -0.722. The van der Waals surface area contributed by atoms with E-state index in [1.165, 1.54) is 54.7 Å². The smallest absolute Gasteiger partial charge is 0.335 e. The Morgan fingerprint density at radius 2 is 1.23 bits per heavy atom. The Hall–Kier alpha value is -5.09. The third-order valence-corrected chi connectivity index (χ3v) is 13.3. The van der Waals surface area contributed by atoms with Gasteiger partial charge in [0.25, 0.3) is 17.7 Å². The second-order valence-corrected chi connectivity index (χ2v) is 17.7. The van der Waals surface area contributed by atoms with Crippen molar-refractivity contribution in [3.8, 4) is 0 Å². The molecule has 0 aromatic heterocycles. The van der Waals surface area contributed by atoms with Crippen LogP contribution in [0.15, 0.2) is 12.2 Å². The molecule has 0 aliphatic carbocycles. The summed E-state index contributed by atoms with van der Waals surface area (Å²) in [5, 5.41) is 16.8. The van der Waals surface area contributed by atoms with E-state index in [-0.39, 0.29) is 158 Å². The SMILES string of the molecule is C.C.C.C.C.C.CC.CC.CC.CCNC(=O)C1CN1C(=O)CC1SCC(C(=O)NC)NC1=O.CCNC(=O)C1C[N+]12C(=O)CC(SC[C@@H](N)C(=O)NC)C2=O.CCNC(=O)CCN1C(=O)C=CC1=O.CNC(=O)[C@H](N)CS. The molecule has 0 radical (unpaired) electrons. The minimum Gasteiger partial charge on any atom is -0.358 e. The average molecular weight is 1170 g/mol. The molecule has 11 N–H and O–H groups in total. The van der Waals surface area contributed by atoms with E-state index in [0.717, 1.165) is 4.90 Å². The largest absolute Gasteiger partial charge is 0.358 e. The number of rotatable bonds is 17. The summed E-state index contributed by atoms with van der Waals surface area (Å²) >= 11 is 6.33. The fourth-order valence-electron chi connectivity index (χ4n) is 6.41. The Morgan fingerprint density at radius 3 is 1.67 bits per heavy atom. The van der Waals surface area contributed by atoms with Crippen molar-refractivity contribution in [1.82, 2.24) is 47.0 Å². The Kier molecular flexibility index (Phi) is 54.9. The van der Waals surface area contributed by atoms with E-state index < -0.39 is 40.7 Å². The molecule has 8 atom stereocenters. The van der Waals surface area contributed by atoms with Crippen molar-refractivity contribution < 1.29 is 62.0 Å². The summed E-state index contributed by atoms with van der Waals surface area (Å²) in [7, 11) is 4.55. The van der Waals surface area contributed by atoms with Crippen molar-refractivity contribution in [1.29, 1.82) is 0 Å². The molecule has 0 aromatic carbocycles. The molecule has 78 heavy (non-hydrogen) atoms. The van der Waals surface area contributed by atoms with E-state index in [1.54, 1.807) is 14.0 Å². The van der Waals surface area contributed by atoms with Gasteiger partial charge < -0.3 is 53.6 Å². The second kappa shape index (κ2) is 47.9. The molecule has 4 fully saturated rings. The normalized spacial score (nSPS) is 20.7. The number of hydrogen-bond donors (Lipinski definition) is 10. The topological polar surface area (TPSA) is 347 Å². The highest BCUT2D eigenvalue weighted by Crippen LogP contribution is 2.43. The number of thiol groups is 1. The predicted molar refractivity (Wildman–Crippen MR) is 321 cm³/mol. The lowest BCUT2D eigenvalue weighted by Crippen LogP contribution is -2.54. The Labute approximate surface area is 482 Å². The summed E-state index contributed by atoms with van der Waals surface area (Å²) in [6.07, 6.45) is 2.72. The molecule has 0 aromatic rings. The van der Waals surface area contributed by atoms with Gasteiger partial charge in [0.1, 0.15) is 17.3 Å². The monoisotopic (exact) mass is 1170 g/mol. The van der Waals surface area contributed by atoms with E-state index in [2.05, 4.69) is 49.8 Å². The molecule has 5 rings (SSSR count). The van der Waals surface area contributed by atoms with Gasteiger partial charge in [0.05, 0.1) is 30.3 Å². The first-order chi connectivity index (χ1) is 34.2. The molecular formula is C51H105N12O12S3+. The van der Waals surface area contributed by atoms with Crippen LogP contribution >= 0.6 is 36.2 Å². The van der Waals surface area contributed by atoms with E-state index >= 15 is 0 Å². The summed E-state index contributed by atoms with van der Waals surface area (Å²) in [5.41, 5.74) is 10.9. The maximum atomic E-state index is 12.5. The molecule has 0 bridgehead atoms. The first-order valence-electron chi connectivity index (χ1n) is 24.1. The van der Waals surface area contributed by atoms with Gasteiger partial charge >= 0.3 is 11.8 Å². The Morgan fingerprint density at radius 1 is 0.744 bits per heavy atom. The standard InChI is InChI=1S/2C13H20N4O4S.C9H12N2O3.C4H10N2OS.3C2H6.6CH4/c1-3-16-12(20)8-5-17(8)10(18)4-9(13(17)21)22-6-7(14)11(19)15-2;1-3-15-12(20)8-5-17(8)10(18)4-9-13(21)16-7(6-22-9)11(19)14-2;1-2-10-7(12)5-6-11-8(13)3-4-9(11)14;1-6-4(7)3(5)2-8;3*1-2;;;;;;/h7-9H,3-6,14H2,1-2H3,(H-,15,16,19,20);7-9H,3-6H2,1-2H3,(H,14,19)(H,15,20)(H,16,21);3-4H,2,5-6H2,1H3,(H,10,12);3,8H,2,5H2,1H3,(H,6,7);3*1-2H3;6*1H4/p+1/t7-,8?,9?,17?;;;3-;;;;;;;;;/m1..1........./s1. The second-order valence-electron chi connectivity index (χ2n) is 14.9. The van der Waals surface area contributed by atoms with Crippen molar-refractivity contribution in [3.05, 3.63) is 12.2 Å². The van der Waals surface area contributed by atoms with Crippen LogP contribution in [-0.4, -0.2) is 204 Å². The van der Waals surface area contributed by atoms with Gasteiger partial charge in [-0.05, 0) is 20.8 Å². The number of nitrogens with two attached hydrogens (primary N) is 2. The van der Waals surface area contributed by atoms with Crippen molar-refractivity contribution in [2.75, 3.05) is 77.7 Å². The zero-order valence-corrected chi connectivity index (χ0v) is 46.4. The fourth-order valence-corrected chi connectivity index (χ4v) is 8.89. The van der Waals surface area contributed by atoms with Crippen molar-refractivity contribution in [2.24, 2.45) is 11.5 Å². The lowest BCUT2D eigenvalue weighted by molar-refractivity contribution is -0.640. The van der Waals surface area contributed by atoms with Gasteiger partial charge in [-0.1, -0.05) is 86.1 Å². The van der Waals surface area contributed by atoms with Crippen LogP contribution in [0.3, 0.4) is 0 Å². The molecule has 12 amide bonds. The zero-order chi connectivity index (χ0) is 55.9. The maximum absolute atomic E-state index is 12.5. The summed E-state index contributed by atoms with van der Waals surface area (Å²) in [6, 6.07) is -2.73. The highest BCUT2D eigenvalue weighted by Gasteiger charge is 2.74. The van der Waals surface area contributed by atoms with Crippen LogP contribution in [0.25, 0.3) is 0 Å². The Balaban J connectivity index is -0.000000138. The number of carbonyl (C=O) groups is 12. The highest BCUT2D eigenvalue weighted by atomic mass is 32.2. The van der Waals surface area contributed by atoms with Crippen LogP contribution in [0.5, 0.6) is 0 Å². The van der Waals surface area contributed by atoms with Crippen LogP contribution < -0.4 is 48.7 Å². The van der Waals surface area contributed by atoms with E-state index in [1.807, 2.05) is 55.4 Å². The number of carbonyl (C=O) groups excluding carboxylic acids is 12. The van der Waals surface area contributed by atoms with Crippen molar-refractivity contribution >= 4 is 107 Å². The van der Waals surface area contributed by atoms with Crippen LogP contribution in [0.2, 0.25) is 0 Å².